The third-order valence-electron chi connectivity index (χ3n) is 7.85. The highest BCUT2D eigenvalue weighted by Crippen LogP contribution is 2.47. The topological polar surface area (TPSA) is 78.8 Å². The van der Waals surface area contributed by atoms with Gasteiger partial charge >= 0.3 is 0 Å². The molecular weight excluding hydrogens is 523 g/mol. The van der Waals surface area contributed by atoms with Gasteiger partial charge < -0.3 is 19.5 Å². The van der Waals surface area contributed by atoms with Crippen LogP contribution >= 0.6 is 0 Å². The second-order valence-electron chi connectivity index (χ2n) is 10.5. The van der Waals surface area contributed by atoms with Crippen molar-refractivity contribution in [3.05, 3.63) is 88.0 Å². The largest absolute Gasteiger partial charge is 0.493 e. The number of ether oxygens (including phenoxy) is 3. The molecule has 0 radical (unpaired) electrons. The molecule has 5 rings (SSSR count). The van der Waals surface area contributed by atoms with E-state index in [1.54, 1.807) is 18.2 Å². The van der Waals surface area contributed by atoms with E-state index in [1.165, 1.54) is 44.1 Å². The first kappa shape index (κ1) is 28.2. The van der Waals surface area contributed by atoms with Gasteiger partial charge in [-0.25, -0.2) is 4.39 Å². The van der Waals surface area contributed by atoms with Crippen molar-refractivity contribution < 1.29 is 23.4 Å². The summed E-state index contributed by atoms with van der Waals surface area (Å²) in [6.45, 7) is 1.97. The highest BCUT2D eigenvalue weighted by Gasteiger charge is 2.31. The zero-order valence-corrected chi connectivity index (χ0v) is 23.8. The van der Waals surface area contributed by atoms with Crippen LogP contribution in [0.2, 0.25) is 0 Å². The van der Waals surface area contributed by atoms with Crippen LogP contribution in [0, 0.1) is 12.7 Å². The molecule has 7 nitrogen and oxygen atoms in total. The zero-order chi connectivity index (χ0) is 29.1. The summed E-state index contributed by atoms with van der Waals surface area (Å²) in [6.07, 6.45) is 5.09. The number of nitrogens with zero attached hydrogens (tertiary/aromatic N) is 1. The molecule has 1 aliphatic carbocycles. The number of carbonyl (C=O) groups excluding carboxylic acids is 1. The molecule has 1 aliphatic rings. The van der Waals surface area contributed by atoms with Crippen LogP contribution in [-0.2, 0) is 4.79 Å². The molecule has 1 amide bonds. The number of fused-ring (bicyclic) bond motifs is 1. The minimum Gasteiger partial charge on any atom is -0.493 e. The summed E-state index contributed by atoms with van der Waals surface area (Å²) in [6, 6.07) is 15.8. The van der Waals surface area contributed by atoms with Crippen LogP contribution in [0.15, 0.2) is 65.5 Å². The molecule has 1 aromatic heterocycles. The molecular formula is C33H35FN2O5. The predicted octanol–water partition coefficient (Wildman–Crippen LogP) is 6.18. The molecule has 1 atom stereocenters. The normalized spacial score (nSPS) is 14.5. The van der Waals surface area contributed by atoms with Crippen LogP contribution in [0.4, 0.5) is 4.39 Å². The molecule has 1 N–H and O–H groups in total. The van der Waals surface area contributed by atoms with Crippen molar-refractivity contribution in [2.45, 2.75) is 51.1 Å². The number of methoxy groups -OCH3 is 3. The number of carbonyl (C=O) groups is 1. The molecule has 1 heterocycles. The molecule has 0 saturated heterocycles. The highest BCUT2D eigenvalue weighted by atomic mass is 19.1. The number of pyridine rings is 1. The smallest absolute Gasteiger partial charge is 0.252 e. The standard InChI is InChI=1S/C33H35FN2O5/c1-20-10-12-22(13-11-20)30(33(38)35-24-8-6-5-7-9-24)36-26-19-27(39-2)31(40-3)32(41-4)29(26)25(18-28(36)37)21-14-16-23(34)17-15-21/h10-19,24,30H,5-9H2,1-4H3,(H,35,38). The van der Waals surface area contributed by atoms with Gasteiger partial charge in [-0.1, -0.05) is 61.2 Å². The van der Waals surface area contributed by atoms with Crippen LogP contribution < -0.4 is 25.1 Å². The number of hydrogen-bond acceptors (Lipinski definition) is 5. The van der Waals surface area contributed by atoms with E-state index >= 15 is 0 Å². The number of rotatable bonds is 8. The van der Waals surface area contributed by atoms with Crippen LogP contribution in [0.3, 0.4) is 0 Å². The van der Waals surface area contributed by atoms with Crippen LogP contribution in [0.1, 0.15) is 49.3 Å². The average Bonchev–Trinajstić information content (AvgIpc) is 2.99. The quantitative estimate of drug-likeness (QED) is 0.279. The lowest BCUT2D eigenvalue weighted by atomic mass is 9.94. The van der Waals surface area contributed by atoms with E-state index in [-0.39, 0.29) is 11.9 Å². The van der Waals surface area contributed by atoms with Gasteiger partial charge in [0.1, 0.15) is 11.9 Å². The van der Waals surface area contributed by atoms with Crippen LogP contribution in [0.25, 0.3) is 22.0 Å². The Balaban J connectivity index is 1.83. The molecule has 214 valence electrons. The molecule has 8 heteroatoms. The Morgan fingerprint density at radius 1 is 0.902 bits per heavy atom. The summed E-state index contributed by atoms with van der Waals surface area (Å²) >= 11 is 0. The SMILES string of the molecule is COc1cc2c(c(-c3ccc(F)cc3)cc(=O)n2C(C(=O)NC2CCCCC2)c2ccc(C)cc2)c(OC)c1OC. The first-order valence-corrected chi connectivity index (χ1v) is 13.9. The maximum Gasteiger partial charge on any atom is 0.252 e. The molecule has 1 unspecified atom stereocenters. The van der Waals surface area contributed by atoms with Crippen molar-refractivity contribution in [3.8, 4) is 28.4 Å². The van der Waals surface area contributed by atoms with E-state index in [0.717, 1.165) is 37.7 Å². The highest BCUT2D eigenvalue weighted by molar-refractivity contribution is 6.03. The van der Waals surface area contributed by atoms with Gasteiger partial charge in [0.2, 0.25) is 11.7 Å². The summed E-state index contributed by atoms with van der Waals surface area (Å²) < 4.78 is 32.5. The summed E-state index contributed by atoms with van der Waals surface area (Å²) in [5.41, 5.74) is 2.89. The first-order valence-electron chi connectivity index (χ1n) is 13.9. The first-order chi connectivity index (χ1) is 19.9. The number of hydrogen-bond donors (Lipinski definition) is 1. The maximum atomic E-state index is 14.1. The number of aromatic nitrogens is 1. The van der Waals surface area contributed by atoms with Gasteiger partial charge in [0.25, 0.3) is 5.56 Å². The van der Waals surface area contributed by atoms with Gasteiger partial charge in [0, 0.05) is 23.7 Å². The molecule has 1 saturated carbocycles. The fraction of sp³-hybridized carbons (Fsp3) is 0.333. The molecule has 3 aromatic carbocycles. The second-order valence-corrected chi connectivity index (χ2v) is 10.5. The molecule has 0 spiro atoms. The lowest BCUT2D eigenvalue weighted by Crippen LogP contribution is -2.43. The number of benzene rings is 3. The van der Waals surface area contributed by atoms with Gasteiger partial charge in [-0.15, -0.1) is 0 Å². The number of nitrogens with one attached hydrogen (secondary N) is 1. The van der Waals surface area contributed by atoms with Crippen molar-refractivity contribution in [1.82, 2.24) is 9.88 Å². The second kappa shape index (κ2) is 12.0. The van der Waals surface area contributed by atoms with Crippen molar-refractivity contribution in [2.75, 3.05) is 21.3 Å². The van der Waals surface area contributed by atoms with E-state index in [2.05, 4.69) is 5.32 Å². The third-order valence-corrected chi connectivity index (χ3v) is 7.85. The van der Waals surface area contributed by atoms with Gasteiger partial charge in [-0.3, -0.25) is 14.2 Å². The Bertz CT molecular complexity index is 1610. The minimum atomic E-state index is -0.961. The summed E-state index contributed by atoms with van der Waals surface area (Å²) in [7, 11) is 4.52. The van der Waals surface area contributed by atoms with Gasteiger partial charge in [-0.05, 0) is 43.0 Å². The average molecular weight is 559 g/mol. The Labute approximate surface area is 238 Å². The third kappa shape index (κ3) is 5.51. The Morgan fingerprint density at radius 3 is 2.17 bits per heavy atom. The fourth-order valence-corrected chi connectivity index (χ4v) is 5.79. The van der Waals surface area contributed by atoms with Gasteiger partial charge in [0.15, 0.2) is 11.5 Å². The van der Waals surface area contributed by atoms with Crippen molar-refractivity contribution in [1.29, 1.82) is 0 Å². The molecule has 1 fully saturated rings. The van der Waals surface area contributed by atoms with E-state index in [1.807, 2.05) is 31.2 Å². The Morgan fingerprint density at radius 2 is 1.56 bits per heavy atom. The van der Waals surface area contributed by atoms with Crippen LogP contribution in [0.5, 0.6) is 17.2 Å². The van der Waals surface area contributed by atoms with Gasteiger partial charge in [-0.2, -0.15) is 0 Å². The van der Waals surface area contributed by atoms with E-state index in [9.17, 15) is 14.0 Å². The molecule has 0 bridgehead atoms. The van der Waals surface area contributed by atoms with E-state index < -0.39 is 17.4 Å². The lowest BCUT2D eigenvalue weighted by Gasteiger charge is -2.28. The van der Waals surface area contributed by atoms with Crippen molar-refractivity contribution in [2.24, 2.45) is 0 Å². The molecule has 41 heavy (non-hydrogen) atoms. The Kier molecular flexibility index (Phi) is 8.28. The zero-order valence-electron chi connectivity index (χ0n) is 23.8. The summed E-state index contributed by atoms with van der Waals surface area (Å²) in [5, 5.41) is 3.77. The van der Waals surface area contributed by atoms with Crippen LogP contribution in [-0.4, -0.2) is 37.8 Å². The van der Waals surface area contributed by atoms with Gasteiger partial charge in [0.05, 0.1) is 32.2 Å². The maximum absolute atomic E-state index is 14.1. The van der Waals surface area contributed by atoms with Crippen molar-refractivity contribution >= 4 is 16.8 Å². The number of halogens is 1. The summed E-state index contributed by atoms with van der Waals surface area (Å²) in [5.74, 6) is 0.375. The van der Waals surface area contributed by atoms with Crippen molar-refractivity contribution in [3.63, 3.8) is 0 Å². The monoisotopic (exact) mass is 558 g/mol. The fourth-order valence-electron chi connectivity index (χ4n) is 5.79. The number of aryl methyl sites for hydroxylation is 1. The van der Waals surface area contributed by atoms with E-state index in [4.69, 9.17) is 14.2 Å². The molecule has 4 aromatic rings. The lowest BCUT2D eigenvalue weighted by molar-refractivity contribution is -0.124. The summed E-state index contributed by atoms with van der Waals surface area (Å²) in [4.78, 5) is 28.2. The predicted molar refractivity (Wildman–Crippen MR) is 158 cm³/mol. The van der Waals surface area contributed by atoms with E-state index in [0.29, 0.717) is 44.8 Å². The number of amides is 1. The Hall–Kier alpha value is -4.33. The minimum absolute atomic E-state index is 0.0498. The molecule has 0 aliphatic heterocycles.